The molecule has 0 unspecified atom stereocenters. The number of benzene rings is 2. The molecule has 0 saturated heterocycles. The molecule has 3 aromatic rings. The van der Waals surface area contributed by atoms with Crippen molar-refractivity contribution in [3.05, 3.63) is 82.1 Å². The maximum absolute atomic E-state index is 12.5. The van der Waals surface area contributed by atoms with Gasteiger partial charge in [0.15, 0.2) is 0 Å². The third-order valence-corrected chi connectivity index (χ3v) is 5.20. The van der Waals surface area contributed by atoms with Crippen LogP contribution in [0.1, 0.15) is 22.4 Å². The van der Waals surface area contributed by atoms with Crippen LogP contribution in [0.15, 0.2) is 54.7 Å². The zero-order valence-corrected chi connectivity index (χ0v) is 18.9. The summed E-state index contributed by atoms with van der Waals surface area (Å²) in [4.78, 5) is 14.1. The van der Waals surface area contributed by atoms with E-state index in [4.69, 9.17) is 21.1 Å². The van der Waals surface area contributed by atoms with Crippen molar-refractivity contribution in [2.75, 3.05) is 14.2 Å². The Morgan fingerprint density at radius 2 is 2.06 bits per heavy atom. The van der Waals surface area contributed by atoms with Crippen molar-refractivity contribution in [3.8, 4) is 11.5 Å². The van der Waals surface area contributed by atoms with Crippen molar-refractivity contribution >= 4 is 23.6 Å². The summed E-state index contributed by atoms with van der Waals surface area (Å²) in [7, 11) is 5.15. The average Bonchev–Trinajstić information content (AvgIpc) is 3.08. The van der Waals surface area contributed by atoms with Crippen molar-refractivity contribution in [1.82, 2.24) is 14.7 Å². The van der Waals surface area contributed by atoms with Crippen molar-refractivity contribution in [2.45, 2.75) is 20.1 Å². The van der Waals surface area contributed by atoms with Gasteiger partial charge in [-0.1, -0.05) is 29.8 Å². The van der Waals surface area contributed by atoms with Crippen molar-refractivity contribution in [2.24, 2.45) is 7.05 Å². The largest absolute Gasteiger partial charge is 0.496 e. The number of rotatable bonds is 8. The Bertz CT molecular complexity index is 1070. The Labute approximate surface area is 187 Å². The lowest BCUT2D eigenvalue weighted by molar-refractivity contribution is -0.125. The Hall–Kier alpha value is -3.25. The second-order valence-corrected chi connectivity index (χ2v) is 7.67. The summed E-state index contributed by atoms with van der Waals surface area (Å²) in [5.41, 5.74) is 3.69. The Kier molecular flexibility index (Phi) is 7.36. The van der Waals surface area contributed by atoms with E-state index in [1.165, 1.54) is 6.08 Å². The molecule has 0 atom stereocenters. The number of hydrogen-bond donors (Lipinski definition) is 0. The van der Waals surface area contributed by atoms with Crippen LogP contribution in [0.4, 0.5) is 0 Å². The van der Waals surface area contributed by atoms with Gasteiger partial charge in [0.1, 0.15) is 18.1 Å². The Morgan fingerprint density at radius 3 is 2.74 bits per heavy atom. The zero-order chi connectivity index (χ0) is 22.4. The van der Waals surface area contributed by atoms with E-state index in [9.17, 15) is 4.79 Å². The predicted octanol–water partition coefficient (Wildman–Crippen LogP) is 4.64. The quantitative estimate of drug-likeness (QED) is 0.480. The van der Waals surface area contributed by atoms with E-state index in [1.807, 2.05) is 49.4 Å². The van der Waals surface area contributed by atoms with Crippen LogP contribution in [0.2, 0.25) is 5.02 Å². The first kappa shape index (κ1) is 22.4. The highest BCUT2D eigenvalue weighted by molar-refractivity contribution is 6.31. The van der Waals surface area contributed by atoms with Gasteiger partial charge in [-0.3, -0.25) is 9.48 Å². The van der Waals surface area contributed by atoms with E-state index in [2.05, 4.69) is 5.10 Å². The van der Waals surface area contributed by atoms with Gasteiger partial charge >= 0.3 is 0 Å². The van der Waals surface area contributed by atoms with Crippen molar-refractivity contribution < 1.29 is 14.3 Å². The van der Waals surface area contributed by atoms with Crippen LogP contribution in [0.5, 0.6) is 11.5 Å². The molecule has 2 aromatic carbocycles. The normalized spacial score (nSPS) is 11.0. The molecule has 0 fully saturated rings. The molecule has 1 heterocycles. The molecule has 0 saturated carbocycles. The summed E-state index contributed by atoms with van der Waals surface area (Å²) >= 11 is 6.13. The van der Waals surface area contributed by atoms with Crippen LogP contribution in [-0.4, -0.2) is 34.7 Å². The van der Waals surface area contributed by atoms with Gasteiger partial charge in [-0.15, -0.1) is 0 Å². The number of amides is 1. The van der Waals surface area contributed by atoms with Crippen molar-refractivity contribution in [1.29, 1.82) is 0 Å². The van der Waals surface area contributed by atoms with Gasteiger partial charge in [-0.25, -0.2) is 0 Å². The summed E-state index contributed by atoms with van der Waals surface area (Å²) < 4.78 is 13.0. The minimum Gasteiger partial charge on any atom is -0.496 e. The summed E-state index contributed by atoms with van der Waals surface area (Å²) in [6.45, 7) is 2.76. The SMILES string of the molecule is COc1ccc(/C=C/C(=O)N(C)Cc2c(Cl)cnn2C)cc1COc1cccc(C)c1. The molecule has 0 radical (unpaired) electrons. The number of carbonyl (C=O) groups excluding carboxylic acids is 1. The number of carbonyl (C=O) groups is 1. The molecule has 0 aliphatic carbocycles. The number of methoxy groups -OCH3 is 1. The van der Waals surface area contributed by atoms with E-state index in [-0.39, 0.29) is 5.91 Å². The van der Waals surface area contributed by atoms with Gasteiger partial charge in [-0.2, -0.15) is 5.10 Å². The molecule has 6 nitrogen and oxygen atoms in total. The first-order chi connectivity index (χ1) is 14.9. The lowest BCUT2D eigenvalue weighted by Crippen LogP contribution is -2.25. The average molecular weight is 440 g/mol. The van der Waals surface area contributed by atoms with Crippen LogP contribution in [-0.2, 0) is 25.0 Å². The monoisotopic (exact) mass is 439 g/mol. The van der Waals surface area contributed by atoms with Gasteiger partial charge in [0.2, 0.25) is 5.91 Å². The summed E-state index contributed by atoms with van der Waals surface area (Å²) in [5.74, 6) is 1.40. The minimum atomic E-state index is -0.134. The van der Waals surface area contributed by atoms with Gasteiger partial charge in [0.05, 0.1) is 30.6 Å². The smallest absolute Gasteiger partial charge is 0.246 e. The van der Waals surface area contributed by atoms with Crippen LogP contribution < -0.4 is 9.47 Å². The molecular formula is C24H26ClN3O3. The topological polar surface area (TPSA) is 56.6 Å². The lowest BCUT2D eigenvalue weighted by atomic mass is 10.1. The van der Waals surface area contributed by atoms with Gasteiger partial charge in [-0.05, 0) is 48.4 Å². The molecule has 0 spiro atoms. The molecule has 0 aliphatic heterocycles. The first-order valence-electron chi connectivity index (χ1n) is 9.83. The molecular weight excluding hydrogens is 414 g/mol. The van der Waals surface area contributed by atoms with Gasteiger partial charge < -0.3 is 14.4 Å². The fourth-order valence-electron chi connectivity index (χ4n) is 3.09. The maximum Gasteiger partial charge on any atom is 0.246 e. The van der Waals surface area contributed by atoms with Crippen LogP contribution in [0.3, 0.4) is 0 Å². The maximum atomic E-state index is 12.5. The summed E-state index contributed by atoms with van der Waals surface area (Å²) in [6, 6.07) is 13.6. The summed E-state index contributed by atoms with van der Waals surface area (Å²) in [5, 5.41) is 4.64. The fourth-order valence-corrected chi connectivity index (χ4v) is 3.32. The molecule has 3 rings (SSSR count). The number of halogens is 1. The first-order valence-corrected chi connectivity index (χ1v) is 10.2. The van der Waals surface area contributed by atoms with Crippen LogP contribution >= 0.6 is 11.6 Å². The minimum absolute atomic E-state index is 0.134. The number of ether oxygens (including phenoxy) is 2. The molecule has 162 valence electrons. The highest BCUT2D eigenvalue weighted by Crippen LogP contribution is 2.23. The zero-order valence-electron chi connectivity index (χ0n) is 18.1. The highest BCUT2D eigenvalue weighted by Gasteiger charge is 2.12. The molecule has 0 N–H and O–H groups in total. The fraction of sp³-hybridized carbons (Fsp3) is 0.250. The highest BCUT2D eigenvalue weighted by atomic mass is 35.5. The Morgan fingerprint density at radius 1 is 1.26 bits per heavy atom. The van der Waals surface area contributed by atoms with E-state index >= 15 is 0 Å². The number of likely N-dealkylation sites (N-methyl/N-ethyl adjacent to an activating group) is 1. The Balaban J connectivity index is 1.68. The molecule has 0 bridgehead atoms. The molecule has 31 heavy (non-hydrogen) atoms. The van der Waals surface area contributed by atoms with Crippen LogP contribution in [0, 0.1) is 6.92 Å². The number of aryl methyl sites for hydroxylation is 2. The molecule has 0 aliphatic rings. The second-order valence-electron chi connectivity index (χ2n) is 7.27. The number of aromatic nitrogens is 2. The number of nitrogens with zero attached hydrogens (tertiary/aromatic N) is 3. The van der Waals surface area contributed by atoms with E-state index in [0.717, 1.165) is 33.9 Å². The molecule has 1 aromatic heterocycles. The van der Waals surface area contributed by atoms with E-state index in [1.54, 1.807) is 43.1 Å². The van der Waals surface area contributed by atoms with Crippen LogP contribution in [0.25, 0.3) is 6.08 Å². The predicted molar refractivity (Wildman–Crippen MR) is 122 cm³/mol. The third kappa shape index (κ3) is 5.89. The van der Waals surface area contributed by atoms with E-state index < -0.39 is 0 Å². The third-order valence-electron chi connectivity index (χ3n) is 4.88. The molecule has 1 amide bonds. The van der Waals surface area contributed by atoms with Gasteiger partial charge in [0, 0.05) is 25.7 Å². The van der Waals surface area contributed by atoms with Gasteiger partial charge in [0.25, 0.3) is 0 Å². The van der Waals surface area contributed by atoms with Crippen molar-refractivity contribution in [3.63, 3.8) is 0 Å². The second kappa shape index (κ2) is 10.2. The standard InChI is InChI=1S/C24H26ClN3O3/c1-17-6-5-7-20(12-17)31-16-19-13-18(8-10-23(19)30-4)9-11-24(29)27(2)15-22-21(25)14-26-28(22)3/h5-14H,15-16H2,1-4H3/b11-9+. The van der Waals surface area contributed by atoms with E-state index in [0.29, 0.717) is 18.2 Å². The summed E-state index contributed by atoms with van der Waals surface area (Å²) in [6.07, 6.45) is 4.89. The number of hydrogen-bond acceptors (Lipinski definition) is 4. The molecule has 7 heteroatoms. The lowest BCUT2D eigenvalue weighted by Gasteiger charge is -2.15.